The molecule has 1 aliphatic heterocycles. The fourth-order valence-electron chi connectivity index (χ4n) is 1.99. The number of pyridine rings is 1. The first kappa shape index (κ1) is 11.4. The number of aromatic nitrogens is 1. The van der Waals surface area contributed by atoms with Crippen molar-refractivity contribution < 1.29 is 10.2 Å². The molecule has 0 bridgehead atoms. The molecule has 1 aliphatic rings. The number of β-amino-alcohol motifs (C(OH)–C–C–N with tert-alkyl or cyclic N) is 1. The second kappa shape index (κ2) is 4.80. The zero-order valence-electron chi connectivity index (χ0n) is 9.50. The van der Waals surface area contributed by atoms with Gasteiger partial charge in [-0.05, 0) is 31.4 Å². The van der Waals surface area contributed by atoms with Crippen molar-refractivity contribution >= 4 is 5.82 Å². The first-order valence-corrected chi connectivity index (χ1v) is 5.74. The van der Waals surface area contributed by atoms with Crippen molar-refractivity contribution in [2.45, 2.75) is 32.0 Å². The van der Waals surface area contributed by atoms with Crippen molar-refractivity contribution in [3.63, 3.8) is 0 Å². The van der Waals surface area contributed by atoms with E-state index < -0.39 is 6.10 Å². The summed E-state index contributed by atoms with van der Waals surface area (Å²) in [6, 6.07) is 3.79. The molecule has 2 N–H and O–H groups in total. The minimum absolute atomic E-state index is 0.244. The molecule has 0 radical (unpaired) electrons. The molecule has 1 fully saturated rings. The average molecular weight is 222 g/mol. The summed E-state index contributed by atoms with van der Waals surface area (Å²) in [5, 5.41) is 18.9. The number of aliphatic hydroxyl groups is 2. The summed E-state index contributed by atoms with van der Waals surface area (Å²) in [6.45, 7) is 3.32. The van der Waals surface area contributed by atoms with Gasteiger partial charge >= 0.3 is 0 Å². The standard InChI is InChI=1S/C12H18N2O2/c1-9(15)10-4-5-12(13-7-10)14-6-2-3-11(16)8-14/h4-5,7,9,11,15-16H,2-3,6,8H2,1H3/t9-,11?/m1/s1. The number of rotatable bonds is 2. The Morgan fingerprint density at radius 2 is 2.31 bits per heavy atom. The van der Waals surface area contributed by atoms with E-state index in [0.29, 0.717) is 6.54 Å². The van der Waals surface area contributed by atoms with E-state index in [-0.39, 0.29) is 6.10 Å². The van der Waals surface area contributed by atoms with Gasteiger partial charge in [-0.15, -0.1) is 0 Å². The zero-order valence-corrected chi connectivity index (χ0v) is 9.50. The Morgan fingerprint density at radius 1 is 1.50 bits per heavy atom. The lowest BCUT2D eigenvalue weighted by molar-refractivity contribution is 0.154. The lowest BCUT2D eigenvalue weighted by atomic mass is 10.1. The third kappa shape index (κ3) is 2.51. The highest BCUT2D eigenvalue weighted by molar-refractivity contribution is 5.40. The van der Waals surface area contributed by atoms with E-state index in [1.807, 2.05) is 12.1 Å². The second-order valence-electron chi connectivity index (χ2n) is 4.37. The highest BCUT2D eigenvalue weighted by Crippen LogP contribution is 2.19. The number of piperidine rings is 1. The smallest absolute Gasteiger partial charge is 0.128 e. The van der Waals surface area contributed by atoms with Crippen LogP contribution in [0, 0.1) is 0 Å². The molecule has 2 atom stereocenters. The predicted molar refractivity (Wildman–Crippen MR) is 62.3 cm³/mol. The van der Waals surface area contributed by atoms with Crippen LogP contribution in [0.4, 0.5) is 5.82 Å². The zero-order chi connectivity index (χ0) is 11.5. The molecule has 0 spiro atoms. The van der Waals surface area contributed by atoms with Gasteiger partial charge in [-0.1, -0.05) is 6.07 Å². The topological polar surface area (TPSA) is 56.6 Å². The third-order valence-corrected chi connectivity index (χ3v) is 2.97. The van der Waals surface area contributed by atoms with Crippen molar-refractivity contribution in [2.24, 2.45) is 0 Å². The molecular weight excluding hydrogens is 204 g/mol. The van der Waals surface area contributed by atoms with Gasteiger partial charge in [-0.2, -0.15) is 0 Å². The van der Waals surface area contributed by atoms with Crippen LogP contribution in [0.15, 0.2) is 18.3 Å². The van der Waals surface area contributed by atoms with Crippen LogP contribution in [0.5, 0.6) is 0 Å². The second-order valence-corrected chi connectivity index (χ2v) is 4.37. The van der Waals surface area contributed by atoms with E-state index in [9.17, 15) is 10.2 Å². The Morgan fingerprint density at radius 3 is 2.88 bits per heavy atom. The molecule has 0 amide bonds. The van der Waals surface area contributed by atoms with Gasteiger partial charge < -0.3 is 15.1 Å². The van der Waals surface area contributed by atoms with Gasteiger partial charge in [0.05, 0.1) is 12.2 Å². The number of nitrogens with zero attached hydrogens (tertiary/aromatic N) is 2. The highest BCUT2D eigenvalue weighted by Gasteiger charge is 2.18. The molecule has 0 saturated carbocycles. The third-order valence-electron chi connectivity index (χ3n) is 2.97. The van der Waals surface area contributed by atoms with Gasteiger partial charge in [0, 0.05) is 19.3 Å². The van der Waals surface area contributed by atoms with Crippen LogP contribution in [0.1, 0.15) is 31.4 Å². The summed E-state index contributed by atoms with van der Waals surface area (Å²) in [6.07, 6.45) is 2.85. The molecular formula is C12H18N2O2. The summed E-state index contributed by atoms with van der Waals surface area (Å²) < 4.78 is 0. The number of aliphatic hydroxyl groups excluding tert-OH is 2. The van der Waals surface area contributed by atoms with Crippen molar-refractivity contribution in [3.8, 4) is 0 Å². The van der Waals surface area contributed by atoms with Gasteiger partial charge in [-0.3, -0.25) is 0 Å². The Hall–Kier alpha value is -1.13. The average Bonchev–Trinajstić information content (AvgIpc) is 2.29. The monoisotopic (exact) mass is 222 g/mol. The summed E-state index contributed by atoms with van der Waals surface area (Å²) in [7, 11) is 0. The number of anilines is 1. The van der Waals surface area contributed by atoms with Gasteiger partial charge in [0.25, 0.3) is 0 Å². The maximum atomic E-state index is 9.57. The molecule has 88 valence electrons. The summed E-state index contributed by atoms with van der Waals surface area (Å²) in [5.41, 5.74) is 0.821. The molecule has 4 heteroatoms. The quantitative estimate of drug-likeness (QED) is 0.786. The largest absolute Gasteiger partial charge is 0.391 e. The normalized spacial score (nSPS) is 23.2. The minimum atomic E-state index is -0.478. The molecule has 1 aromatic rings. The maximum Gasteiger partial charge on any atom is 0.128 e. The Labute approximate surface area is 95.5 Å². The lowest BCUT2D eigenvalue weighted by Crippen LogP contribution is -2.38. The first-order chi connectivity index (χ1) is 7.66. The van der Waals surface area contributed by atoms with E-state index >= 15 is 0 Å². The van der Waals surface area contributed by atoms with E-state index in [1.165, 1.54) is 0 Å². The van der Waals surface area contributed by atoms with Crippen LogP contribution in [0.25, 0.3) is 0 Å². The van der Waals surface area contributed by atoms with Crippen LogP contribution < -0.4 is 4.90 Å². The predicted octanol–water partition coefficient (Wildman–Crippen LogP) is 1.10. The molecule has 4 nitrogen and oxygen atoms in total. The molecule has 2 heterocycles. The SMILES string of the molecule is C[C@@H](O)c1ccc(N2CCCC(O)C2)nc1. The van der Waals surface area contributed by atoms with Crippen molar-refractivity contribution in [2.75, 3.05) is 18.0 Å². The summed E-state index contributed by atoms with van der Waals surface area (Å²) >= 11 is 0. The molecule has 0 aromatic carbocycles. The summed E-state index contributed by atoms with van der Waals surface area (Å²) in [4.78, 5) is 6.40. The Kier molecular flexibility index (Phi) is 3.41. The van der Waals surface area contributed by atoms with Gasteiger partial charge in [0.15, 0.2) is 0 Å². The molecule has 1 unspecified atom stereocenters. The summed E-state index contributed by atoms with van der Waals surface area (Å²) in [5.74, 6) is 0.878. The molecule has 0 aliphatic carbocycles. The van der Waals surface area contributed by atoms with Gasteiger partial charge in [-0.25, -0.2) is 4.98 Å². The van der Waals surface area contributed by atoms with E-state index in [0.717, 1.165) is 30.8 Å². The molecule has 16 heavy (non-hydrogen) atoms. The van der Waals surface area contributed by atoms with Crippen molar-refractivity contribution in [1.29, 1.82) is 0 Å². The molecule has 2 rings (SSSR count). The molecule has 1 saturated heterocycles. The van der Waals surface area contributed by atoms with Crippen LogP contribution in [-0.4, -0.2) is 34.4 Å². The minimum Gasteiger partial charge on any atom is -0.391 e. The van der Waals surface area contributed by atoms with Crippen molar-refractivity contribution in [1.82, 2.24) is 4.98 Å². The fraction of sp³-hybridized carbons (Fsp3) is 0.583. The van der Waals surface area contributed by atoms with Crippen LogP contribution in [-0.2, 0) is 0 Å². The number of hydrogen-bond acceptors (Lipinski definition) is 4. The van der Waals surface area contributed by atoms with Crippen LogP contribution >= 0.6 is 0 Å². The first-order valence-electron chi connectivity index (χ1n) is 5.74. The fourth-order valence-corrected chi connectivity index (χ4v) is 1.99. The molecule has 1 aromatic heterocycles. The van der Waals surface area contributed by atoms with Crippen LogP contribution in [0.2, 0.25) is 0 Å². The van der Waals surface area contributed by atoms with E-state index in [1.54, 1.807) is 13.1 Å². The van der Waals surface area contributed by atoms with Crippen LogP contribution in [0.3, 0.4) is 0 Å². The maximum absolute atomic E-state index is 9.57. The Bertz CT molecular complexity index is 337. The van der Waals surface area contributed by atoms with E-state index in [2.05, 4.69) is 9.88 Å². The van der Waals surface area contributed by atoms with Crippen molar-refractivity contribution in [3.05, 3.63) is 23.9 Å². The van der Waals surface area contributed by atoms with Gasteiger partial charge in [0.1, 0.15) is 5.82 Å². The van der Waals surface area contributed by atoms with E-state index in [4.69, 9.17) is 0 Å². The lowest BCUT2D eigenvalue weighted by Gasteiger charge is -2.31. The Balaban J connectivity index is 2.09. The number of hydrogen-bond donors (Lipinski definition) is 2. The highest BCUT2D eigenvalue weighted by atomic mass is 16.3. The van der Waals surface area contributed by atoms with Gasteiger partial charge in [0.2, 0.25) is 0 Å².